The van der Waals surface area contributed by atoms with Crippen molar-refractivity contribution in [3.05, 3.63) is 0 Å². The van der Waals surface area contributed by atoms with Gasteiger partial charge in [-0.1, -0.05) is 6.92 Å². The summed E-state index contributed by atoms with van der Waals surface area (Å²) in [6.07, 6.45) is -0.0247. The van der Waals surface area contributed by atoms with Crippen molar-refractivity contribution in [2.45, 2.75) is 43.8 Å². The van der Waals surface area contributed by atoms with Gasteiger partial charge in [0.1, 0.15) is 5.60 Å². The molecule has 2 fully saturated rings. The number of ether oxygens (including phenoxy) is 1. The molecule has 0 amide bonds. The van der Waals surface area contributed by atoms with Gasteiger partial charge in [0.05, 0.1) is 12.2 Å². The lowest BCUT2D eigenvalue weighted by atomic mass is 9.86. The standard InChI is InChI=1S/C9H16O2S/c1-5-8-6(2)11-9(5,4-12-8)7(3)10/h5-8,10H,4H2,1-3H3/t5-,6-,7+,8+,9?/m0/s1. The van der Waals surface area contributed by atoms with Crippen molar-refractivity contribution in [3.8, 4) is 0 Å². The third-order valence-corrected chi connectivity index (χ3v) is 5.13. The molecule has 0 saturated carbocycles. The van der Waals surface area contributed by atoms with Crippen molar-refractivity contribution in [2.24, 2.45) is 5.92 Å². The Hall–Kier alpha value is 0.270. The molecule has 0 aromatic heterocycles. The van der Waals surface area contributed by atoms with Gasteiger partial charge in [-0.15, -0.1) is 0 Å². The molecule has 0 radical (unpaired) electrons. The summed E-state index contributed by atoms with van der Waals surface area (Å²) in [6, 6.07) is 0. The highest BCUT2D eigenvalue weighted by molar-refractivity contribution is 8.00. The summed E-state index contributed by atoms with van der Waals surface area (Å²) < 4.78 is 5.85. The van der Waals surface area contributed by atoms with Crippen LogP contribution in [-0.2, 0) is 4.74 Å². The van der Waals surface area contributed by atoms with Gasteiger partial charge < -0.3 is 9.84 Å². The molecule has 0 aliphatic carbocycles. The Bertz CT molecular complexity index is 195. The van der Waals surface area contributed by atoms with Crippen LogP contribution in [0.1, 0.15) is 20.8 Å². The number of fused-ring (bicyclic) bond motifs is 2. The Morgan fingerprint density at radius 2 is 2.25 bits per heavy atom. The number of aliphatic hydroxyl groups excluding tert-OH is 1. The van der Waals surface area contributed by atoms with Crippen molar-refractivity contribution in [1.82, 2.24) is 0 Å². The van der Waals surface area contributed by atoms with Crippen molar-refractivity contribution in [2.75, 3.05) is 5.75 Å². The molecule has 12 heavy (non-hydrogen) atoms. The summed E-state index contributed by atoms with van der Waals surface area (Å²) in [4.78, 5) is 0. The second-order valence-electron chi connectivity index (χ2n) is 4.02. The highest BCUT2D eigenvalue weighted by atomic mass is 32.2. The topological polar surface area (TPSA) is 29.5 Å². The maximum Gasteiger partial charge on any atom is 0.107 e. The molecule has 3 heteroatoms. The quantitative estimate of drug-likeness (QED) is 0.672. The number of aliphatic hydroxyl groups is 1. The molecule has 70 valence electrons. The fraction of sp³-hybridized carbons (Fsp3) is 1.00. The molecule has 1 N–H and O–H groups in total. The minimum Gasteiger partial charge on any atom is -0.390 e. The largest absolute Gasteiger partial charge is 0.390 e. The van der Waals surface area contributed by atoms with Gasteiger partial charge in [-0.2, -0.15) is 11.8 Å². The molecule has 1 unspecified atom stereocenters. The number of thioether (sulfide) groups is 1. The van der Waals surface area contributed by atoms with Gasteiger partial charge in [0, 0.05) is 16.9 Å². The molecule has 2 nitrogen and oxygen atoms in total. The molecular formula is C9H16O2S. The molecule has 2 saturated heterocycles. The van der Waals surface area contributed by atoms with E-state index in [1.807, 2.05) is 18.7 Å². The molecule has 2 heterocycles. The van der Waals surface area contributed by atoms with Gasteiger partial charge in [-0.3, -0.25) is 0 Å². The molecular weight excluding hydrogens is 172 g/mol. The molecule has 2 rings (SSSR count). The van der Waals surface area contributed by atoms with Crippen LogP contribution >= 0.6 is 11.8 Å². The van der Waals surface area contributed by atoms with E-state index in [0.717, 1.165) is 5.75 Å². The molecule has 2 aliphatic heterocycles. The van der Waals surface area contributed by atoms with Crippen molar-refractivity contribution >= 4 is 11.8 Å². The van der Waals surface area contributed by atoms with E-state index in [2.05, 4.69) is 13.8 Å². The van der Waals surface area contributed by atoms with Crippen LogP contribution in [0.25, 0.3) is 0 Å². The molecule has 2 aliphatic rings. The monoisotopic (exact) mass is 188 g/mol. The molecule has 0 spiro atoms. The normalized spacial score (nSPS) is 54.5. The Labute approximate surface area is 77.7 Å². The van der Waals surface area contributed by atoms with E-state index < -0.39 is 0 Å². The third-order valence-electron chi connectivity index (χ3n) is 3.34. The fourth-order valence-corrected chi connectivity index (χ4v) is 4.35. The zero-order chi connectivity index (χ0) is 8.93. The van der Waals surface area contributed by atoms with E-state index in [1.165, 1.54) is 0 Å². The van der Waals surface area contributed by atoms with Gasteiger partial charge in [0.2, 0.25) is 0 Å². The summed E-state index contributed by atoms with van der Waals surface area (Å²) in [5.41, 5.74) is -0.241. The first-order valence-electron chi connectivity index (χ1n) is 4.55. The summed E-state index contributed by atoms with van der Waals surface area (Å²) in [7, 11) is 0. The van der Waals surface area contributed by atoms with Crippen molar-refractivity contribution < 1.29 is 9.84 Å². The maximum absolute atomic E-state index is 9.68. The van der Waals surface area contributed by atoms with Gasteiger partial charge >= 0.3 is 0 Å². The zero-order valence-electron chi connectivity index (χ0n) is 7.78. The van der Waals surface area contributed by atoms with E-state index in [4.69, 9.17) is 4.74 Å². The van der Waals surface area contributed by atoms with Crippen molar-refractivity contribution in [1.29, 1.82) is 0 Å². The summed E-state index contributed by atoms with van der Waals surface area (Å²) in [5.74, 6) is 1.46. The van der Waals surface area contributed by atoms with Gasteiger partial charge in [0.25, 0.3) is 0 Å². The summed E-state index contributed by atoms with van der Waals surface area (Å²) >= 11 is 1.95. The second kappa shape index (κ2) is 2.63. The van der Waals surface area contributed by atoms with E-state index in [1.54, 1.807) is 0 Å². The SMILES string of the molecule is C[C@@H]1OC2([C@@H](C)O)CS[C@@H]1[C@@H]2C. The Morgan fingerprint density at radius 3 is 2.50 bits per heavy atom. The smallest absolute Gasteiger partial charge is 0.107 e. The number of hydrogen-bond acceptors (Lipinski definition) is 3. The number of rotatable bonds is 1. The average Bonchev–Trinajstić information content (AvgIpc) is 2.42. The first-order valence-corrected chi connectivity index (χ1v) is 5.60. The van der Waals surface area contributed by atoms with Crippen LogP contribution in [0.3, 0.4) is 0 Å². The van der Waals surface area contributed by atoms with Crippen LogP contribution in [0.4, 0.5) is 0 Å². The fourth-order valence-electron chi connectivity index (χ4n) is 2.48. The van der Waals surface area contributed by atoms with E-state index in [-0.39, 0.29) is 11.7 Å². The van der Waals surface area contributed by atoms with Crippen LogP contribution in [0.15, 0.2) is 0 Å². The maximum atomic E-state index is 9.68. The summed E-state index contributed by atoms with van der Waals surface area (Å²) in [5, 5.41) is 10.3. The Balaban J connectivity index is 2.27. The Kier molecular flexibility index (Phi) is 1.94. The lowest BCUT2D eigenvalue weighted by molar-refractivity contribution is -0.105. The molecule has 0 aromatic carbocycles. The minimum absolute atomic E-state index is 0.241. The molecule has 5 atom stereocenters. The molecule has 0 aromatic rings. The van der Waals surface area contributed by atoms with Crippen LogP contribution < -0.4 is 0 Å². The predicted octanol–water partition coefficient (Wildman–Crippen LogP) is 1.28. The number of hydrogen-bond donors (Lipinski definition) is 1. The van der Waals surface area contributed by atoms with Crippen molar-refractivity contribution in [3.63, 3.8) is 0 Å². The second-order valence-corrected chi connectivity index (χ2v) is 5.18. The first-order chi connectivity index (χ1) is 5.58. The van der Waals surface area contributed by atoms with E-state index in [0.29, 0.717) is 17.3 Å². The average molecular weight is 188 g/mol. The highest BCUT2D eigenvalue weighted by Crippen LogP contribution is 2.52. The first kappa shape index (κ1) is 8.85. The minimum atomic E-state index is -0.338. The summed E-state index contributed by atoms with van der Waals surface area (Å²) in [6.45, 7) is 6.15. The third kappa shape index (κ3) is 0.903. The van der Waals surface area contributed by atoms with Crippen LogP contribution in [0.5, 0.6) is 0 Å². The lowest BCUT2D eigenvalue weighted by Gasteiger charge is -2.33. The van der Waals surface area contributed by atoms with Crippen LogP contribution in [0, 0.1) is 5.92 Å². The van der Waals surface area contributed by atoms with E-state index >= 15 is 0 Å². The van der Waals surface area contributed by atoms with E-state index in [9.17, 15) is 5.11 Å². The van der Waals surface area contributed by atoms with Gasteiger partial charge in [-0.05, 0) is 13.8 Å². The Morgan fingerprint density at radius 1 is 1.58 bits per heavy atom. The van der Waals surface area contributed by atoms with Crippen LogP contribution in [-0.4, -0.2) is 33.9 Å². The highest BCUT2D eigenvalue weighted by Gasteiger charge is 2.59. The lowest BCUT2D eigenvalue weighted by Crippen LogP contribution is -2.46. The molecule has 2 bridgehead atoms. The van der Waals surface area contributed by atoms with Gasteiger partial charge in [-0.25, -0.2) is 0 Å². The predicted molar refractivity (Wildman–Crippen MR) is 50.4 cm³/mol. The van der Waals surface area contributed by atoms with Crippen LogP contribution in [0.2, 0.25) is 0 Å². The zero-order valence-corrected chi connectivity index (χ0v) is 8.60. The van der Waals surface area contributed by atoms with Gasteiger partial charge in [0.15, 0.2) is 0 Å².